The molecule has 150 valence electrons. The molecule has 0 aliphatic heterocycles. The number of aromatic nitrogens is 7. The van der Waals surface area contributed by atoms with E-state index < -0.39 is 0 Å². The van der Waals surface area contributed by atoms with Crippen molar-refractivity contribution >= 4 is 27.6 Å². The van der Waals surface area contributed by atoms with E-state index in [1.807, 2.05) is 42.7 Å². The van der Waals surface area contributed by atoms with Crippen molar-refractivity contribution in [1.29, 1.82) is 0 Å². The zero-order valence-corrected chi connectivity index (χ0v) is 16.4. The van der Waals surface area contributed by atoms with Crippen molar-refractivity contribution in [3.8, 4) is 11.4 Å². The quantitative estimate of drug-likeness (QED) is 0.484. The summed E-state index contributed by atoms with van der Waals surface area (Å²) in [6.45, 7) is 0.578. The fourth-order valence-corrected chi connectivity index (χ4v) is 3.94. The maximum atomic E-state index is 13.1. The second kappa shape index (κ2) is 6.88. The van der Waals surface area contributed by atoms with E-state index in [1.54, 1.807) is 27.7 Å². The van der Waals surface area contributed by atoms with Gasteiger partial charge in [0, 0.05) is 54.0 Å². The summed E-state index contributed by atoms with van der Waals surface area (Å²) in [4.78, 5) is 29.3. The molecule has 0 saturated heterocycles. The summed E-state index contributed by atoms with van der Waals surface area (Å²) in [5, 5.41) is 6.27. The average molecular weight is 407 g/mol. The molecule has 0 aliphatic rings. The van der Waals surface area contributed by atoms with Gasteiger partial charge in [0.1, 0.15) is 0 Å². The lowest BCUT2D eigenvalue weighted by Crippen LogP contribution is -2.21. The molecule has 0 aliphatic carbocycles. The maximum Gasteiger partial charge on any atom is 0.261 e. The van der Waals surface area contributed by atoms with Gasteiger partial charge in [0.25, 0.3) is 11.3 Å². The number of hydrogen-bond donors (Lipinski definition) is 1. The average Bonchev–Trinajstić information content (AvgIpc) is 3.44. The Balaban J connectivity index is 1.38. The summed E-state index contributed by atoms with van der Waals surface area (Å²) in [7, 11) is 0. The van der Waals surface area contributed by atoms with Gasteiger partial charge in [0.05, 0.1) is 10.9 Å². The Bertz CT molecular complexity index is 1610. The molecule has 0 fully saturated rings. The first kappa shape index (κ1) is 17.5. The van der Waals surface area contributed by atoms with Gasteiger partial charge in [-0.1, -0.05) is 18.2 Å². The first-order valence-corrected chi connectivity index (χ1v) is 9.98. The van der Waals surface area contributed by atoms with Crippen LogP contribution in [0.4, 0.5) is 0 Å². The fourth-order valence-electron chi connectivity index (χ4n) is 3.94. The molecule has 0 amide bonds. The third-order valence-corrected chi connectivity index (χ3v) is 5.54. The maximum absolute atomic E-state index is 13.1. The molecule has 8 heteroatoms. The molecule has 6 rings (SSSR count). The lowest BCUT2D eigenvalue weighted by molar-refractivity contribution is 0.676. The molecule has 0 bridgehead atoms. The predicted octanol–water partition coefficient (Wildman–Crippen LogP) is 3.23. The largest absolute Gasteiger partial charge is 0.361 e. The van der Waals surface area contributed by atoms with Crippen LogP contribution in [0.3, 0.4) is 0 Å². The normalized spacial score (nSPS) is 11.6. The highest BCUT2D eigenvalue weighted by molar-refractivity contribution is 5.83. The lowest BCUT2D eigenvalue weighted by Gasteiger charge is -2.07. The molecule has 8 nitrogen and oxygen atoms in total. The molecule has 0 spiro atoms. The number of nitrogens with zero attached hydrogens (tertiary/aromatic N) is 6. The SMILES string of the molecule is O=c1c2cnc3nc(-c4ccncc4)nn3c2ccn1CCc1c[nH]c2ccccc12. The minimum absolute atomic E-state index is 0.0901. The molecule has 0 atom stereocenters. The van der Waals surface area contributed by atoms with Gasteiger partial charge in [-0.05, 0) is 36.2 Å². The number of aromatic amines is 1. The molecular weight excluding hydrogens is 390 g/mol. The first-order chi connectivity index (χ1) is 15.3. The van der Waals surface area contributed by atoms with Crippen LogP contribution in [-0.2, 0) is 13.0 Å². The molecule has 0 unspecified atom stereocenters. The number of hydrogen-bond acceptors (Lipinski definition) is 5. The monoisotopic (exact) mass is 407 g/mol. The van der Waals surface area contributed by atoms with E-state index in [9.17, 15) is 4.79 Å². The van der Waals surface area contributed by atoms with E-state index in [0.717, 1.165) is 17.5 Å². The summed E-state index contributed by atoms with van der Waals surface area (Å²) < 4.78 is 3.34. The van der Waals surface area contributed by atoms with E-state index in [4.69, 9.17) is 0 Å². The van der Waals surface area contributed by atoms with Crippen LogP contribution >= 0.6 is 0 Å². The highest BCUT2D eigenvalue weighted by atomic mass is 16.1. The summed E-state index contributed by atoms with van der Waals surface area (Å²) >= 11 is 0. The van der Waals surface area contributed by atoms with Gasteiger partial charge in [-0.15, -0.1) is 5.10 Å². The molecule has 5 aromatic heterocycles. The van der Waals surface area contributed by atoms with Crippen molar-refractivity contribution in [3.63, 3.8) is 0 Å². The molecule has 1 N–H and O–H groups in total. The highest BCUT2D eigenvalue weighted by Crippen LogP contribution is 2.19. The molecular formula is C23H17N7O. The topological polar surface area (TPSA) is 93.8 Å². The number of H-pyrrole nitrogens is 1. The van der Waals surface area contributed by atoms with E-state index in [0.29, 0.717) is 29.0 Å². The summed E-state index contributed by atoms with van der Waals surface area (Å²) in [6, 6.07) is 13.8. The van der Waals surface area contributed by atoms with Crippen LogP contribution in [0.2, 0.25) is 0 Å². The smallest absolute Gasteiger partial charge is 0.261 e. The molecule has 6 aromatic rings. The number of aryl methyl sites for hydroxylation is 2. The van der Waals surface area contributed by atoms with Crippen molar-refractivity contribution in [1.82, 2.24) is 34.1 Å². The van der Waals surface area contributed by atoms with Crippen LogP contribution in [-0.4, -0.2) is 34.1 Å². The Morgan fingerprint density at radius 1 is 1.00 bits per heavy atom. The third kappa shape index (κ3) is 2.88. The van der Waals surface area contributed by atoms with E-state index in [1.165, 1.54) is 10.9 Å². The second-order valence-electron chi connectivity index (χ2n) is 7.36. The summed E-state index contributed by atoms with van der Waals surface area (Å²) in [5.41, 5.74) is 3.74. The Morgan fingerprint density at radius 3 is 2.77 bits per heavy atom. The Labute approximate surface area is 175 Å². The Morgan fingerprint density at radius 2 is 1.87 bits per heavy atom. The van der Waals surface area contributed by atoms with Crippen molar-refractivity contribution < 1.29 is 0 Å². The van der Waals surface area contributed by atoms with Crippen LogP contribution < -0.4 is 5.56 Å². The summed E-state index contributed by atoms with van der Waals surface area (Å²) in [6.07, 6.45) is 9.54. The van der Waals surface area contributed by atoms with Crippen molar-refractivity contribution in [2.45, 2.75) is 13.0 Å². The van der Waals surface area contributed by atoms with Crippen LogP contribution in [0.15, 0.2) is 78.2 Å². The Kier molecular flexibility index (Phi) is 3.89. The van der Waals surface area contributed by atoms with Gasteiger partial charge in [0.2, 0.25) is 0 Å². The fraction of sp³-hybridized carbons (Fsp3) is 0.0870. The van der Waals surface area contributed by atoms with E-state index >= 15 is 0 Å². The van der Waals surface area contributed by atoms with Crippen molar-refractivity contribution in [3.05, 3.63) is 89.4 Å². The van der Waals surface area contributed by atoms with Crippen LogP contribution in [0.25, 0.3) is 39.0 Å². The number of rotatable bonds is 4. The number of fused-ring (bicyclic) bond motifs is 4. The lowest BCUT2D eigenvalue weighted by atomic mass is 10.1. The number of nitrogens with one attached hydrogen (secondary N) is 1. The molecule has 0 saturated carbocycles. The minimum atomic E-state index is -0.0901. The number of para-hydroxylation sites is 1. The zero-order valence-electron chi connectivity index (χ0n) is 16.4. The second-order valence-corrected chi connectivity index (χ2v) is 7.36. The van der Waals surface area contributed by atoms with Crippen LogP contribution in [0.1, 0.15) is 5.56 Å². The van der Waals surface area contributed by atoms with Crippen molar-refractivity contribution in [2.24, 2.45) is 0 Å². The third-order valence-electron chi connectivity index (χ3n) is 5.54. The van der Waals surface area contributed by atoms with Crippen molar-refractivity contribution in [2.75, 3.05) is 0 Å². The van der Waals surface area contributed by atoms with Crippen LogP contribution in [0.5, 0.6) is 0 Å². The van der Waals surface area contributed by atoms with Gasteiger partial charge in [-0.25, -0.2) is 4.98 Å². The zero-order chi connectivity index (χ0) is 20.8. The summed E-state index contributed by atoms with van der Waals surface area (Å²) in [5.74, 6) is 1.00. The van der Waals surface area contributed by atoms with Gasteiger partial charge in [-0.2, -0.15) is 9.50 Å². The van der Waals surface area contributed by atoms with E-state index in [-0.39, 0.29) is 5.56 Å². The Hall–Kier alpha value is -4.33. The molecule has 1 aromatic carbocycles. The van der Waals surface area contributed by atoms with E-state index in [2.05, 4.69) is 37.2 Å². The number of benzene rings is 1. The van der Waals surface area contributed by atoms with Gasteiger partial charge < -0.3 is 9.55 Å². The molecule has 31 heavy (non-hydrogen) atoms. The van der Waals surface area contributed by atoms with Gasteiger partial charge in [0.15, 0.2) is 5.82 Å². The highest BCUT2D eigenvalue weighted by Gasteiger charge is 2.13. The first-order valence-electron chi connectivity index (χ1n) is 9.98. The predicted molar refractivity (Wildman–Crippen MR) is 118 cm³/mol. The standard InChI is InChI=1S/C23H17N7O/c31-22-18-14-26-23-27-21(15-5-9-24-10-6-15)28-30(23)20(18)8-12-29(22)11-7-16-13-25-19-4-2-1-3-17(16)19/h1-6,8-10,12-14,25H,7,11H2. The van der Waals surface area contributed by atoms with Crippen LogP contribution in [0, 0.1) is 0 Å². The minimum Gasteiger partial charge on any atom is -0.361 e. The van der Waals surface area contributed by atoms with Gasteiger partial charge in [-0.3, -0.25) is 9.78 Å². The molecule has 5 heterocycles. The van der Waals surface area contributed by atoms with Gasteiger partial charge >= 0.3 is 0 Å². The number of pyridine rings is 2. The molecule has 0 radical (unpaired) electrons.